The zero-order valence-electron chi connectivity index (χ0n) is 13.6. The molecule has 0 atom stereocenters. The van der Waals surface area contributed by atoms with E-state index in [4.69, 9.17) is 4.74 Å². The molecule has 1 saturated heterocycles. The fourth-order valence-electron chi connectivity index (χ4n) is 2.66. The van der Waals surface area contributed by atoms with Crippen LogP contribution in [0, 0.1) is 0 Å². The summed E-state index contributed by atoms with van der Waals surface area (Å²) in [4.78, 5) is 32.8. The first-order valence-corrected chi connectivity index (χ1v) is 7.98. The van der Waals surface area contributed by atoms with Gasteiger partial charge >= 0.3 is 6.03 Å². The molecule has 2 heterocycles. The molecule has 1 fully saturated rings. The molecule has 0 bridgehead atoms. The van der Waals surface area contributed by atoms with Crippen LogP contribution in [-0.4, -0.2) is 60.1 Å². The lowest BCUT2D eigenvalue weighted by Gasteiger charge is -2.19. The van der Waals surface area contributed by atoms with Crippen molar-refractivity contribution in [2.75, 3.05) is 33.3 Å². The number of ether oxygens (including phenoxy) is 1. The minimum absolute atomic E-state index is 0.0111. The summed E-state index contributed by atoms with van der Waals surface area (Å²) in [6.45, 7) is 1.95. The molecule has 0 saturated carbocycles. The minimum atomic E-state index is -0.149. The van der Waals surface area contributed by atoms with Crippen LogP contribution in [0.25, 0.3) is 11.0 Å². The van der Waals surface area contributed by atoms with E-state index < -0.39 is 0 Å². The van der Waals surface area contributed by atoms with Crippen molar-refractivity contribution in [3.8, 4) is 5.75 Å². The second-order valence-electron chi connectivity index (χ2n) is 5.64. The fourth-order valence-corrected chi connectivity index (χ4v) is 2.66. The summed E-state index contributed by atoms with van der Waals surface area (Å²) in [5, 5.41) is 5.62. The van der Waals surface area contributed by atoms with Crippen LogP contribution < -0.4 is 15.4 Å². The van der Waals surface area contributed by atoms with Gasteiger partial charge in [0.05, 0.1) is 18.1 Å². The first-order chi connectivity index (χ1) is 11.7. The van der Waals surface area contributed by atoms with Crippen molar-refractivity contribution < 1.29 is 14.3 Å². The van der Waals surface area contributed by atoms with E-state index in [1.807, 2.05) is 18.2 Å². The van der Waals surface area contributed by atoms with Crippen molar-refractivity contribution in [2.45, 2.75) is 12.8 Å². The van der Waals surface area contributed by atoms with E-state index in [-0.39, 0.29) is 11.9 Å². The lowest BCUT2D eigenvalue weighted by molar-refractivity contribution is -0.120. The van der Waals surface area contributed by atoms with Crippen LogP contribution in [0.5, 0.6) is 5.75 Å². The molecule has 1 aliphatic rings. The van der Waals surface area contributed by atoms with Gasteiger partial charge in [0.25, 0.3) is 0 Å². The highest BCUT2D eigenvalue weighted by molar-refractivity contribution is 5.79. The van der Waals surface area contributed by atoms with Crippen LogP contribution in [0.1, 0.15) is 12.2 Å². The van der Waals surface area contributed by atoms with Crippen molar-refractivity contribution >= 4 is 23.0 Å². The molecule has 8 nitrogen and oxygen atoms in total. The molecule has 8 heteroatoms. The third-order valence-corrected chi connectivity index (χ3v) is 3.98. The fraction of sp³-hybridized carbons (Fsp3) is 0.438. The minimum Gasteiger partial charge on any atom is -0.497 e. The SMILES string of the molecule is COc1ccc2nc(CCNC(=O)N3CCNC(=O)CC3)[nH]c2c1. The van der Waals surface area contributed by atoms with Gasteiger partial charge in [0.15, 0.2) is 0 Å². The number of aromatic amines is 1. The van der Waals surface area contributed by atoms with Crippen LogP contribution in [0.3, 0.4) is 0 Å². The molecule has 3 N–H and O–H groups in total. The van der Waals surface area contributed by atoms with Crippen molar-refractivity contribution in [1.82, 2.24) is 25.5 Å². The van der Waals surface area contributed by atoms with Gasteiger partial charge in [-0.3, -0.25) is 4.79 Å². The Morgan fingerprint density at radius 3 is 3.12 bits per heavy atom. The van der Waals surface area contributed by atoms with Gasteiger partial charge in [-0.2, -0.15) is 0 Å². The average molecular weight is 331 g/mol. The third kappa shape index (κ3) is 3.76. The quantitative estimate of drug-likeness (QED) is 0.766. The normalized spacial score (nSPS) is 15.0. The monoisotopic (exact) mass is 331 g/mol. The van der Waals surface area contributed by atoms with Gasteiger partial charge in [0, 0.05) is 45.1 Å². The van der Waals surface area contributed by atoms with Crippen LogP contribution >= 0.6 is 0 Å². The molecule has 2 aromatic rings. The van der Waals surface area contributed by atoms with Crippen LogP contribution in [0.2, 0.25) is 0 Å². The van der Waals surface area contributed by atoms with Crippen molar-refractivity contribution in [3.63, 3.8) is 0 Å². The number of methoxy groups -OCH3 is 1. The summed E-state index contributed by atoms with van der Waals surface area (Å²) in [5.74, 6) is 1.57. The summed E-state index contributed by atoms with van der Waals surface area (Å²) >= 11 is 0. The van der Waals surface area contributed by atoms with Gasteiger partial charge in [0.2, 0.25) is 5.91 Å². The number of nitrogens with one attached hydrogen (secondary N) is 3. The number of hydrogen-bond acceptors (Lipinski definition) is 4. The maximum Gasteiger partial charge on any atom is 0.317 e. The van der Waals surface area contributed by atoms with E-state index in [0.29, 0.717) is 39.0 Å². The smallest absolute Gasteiger partial charge is 0.317 e. The summed E-state index contributed by atoms with van der Waals surface area (Å²) in [7, 11) is 1.62. The molecule has 1 aromatic carbocycles. The Morgan fingerprint density at radius 1 is 1.42 bits per heavy atom. The second kappa shape index (κ2) is 7.20. The van der Waals surface area contributed by atoms with Crippen LogP contribution in [0.15, 0.2) is 18.2 Å². The first kappa shape index (κ1) is 16.1. The average Bonchev–Trinajstić information content (AvgIpc) is 2.86. The molecule has 3 rings (SSSR count). The van der Waals surface area contributed by atoms with Gasteiger partial charge < -0.3 is 25.3 Å². The van der Waals surface area contributed by atoms with Gasteiger partial charge in [-0.05, 0) is 12.1 Å². The number of rotatable bonds is 4. The Kier molecular flexibility index (Phi) is 4.83. The molecule has 0 radical (unpaired) electrons. The number of benzene rings is 1. The molecule has 128 valence electrons. The lowest BCUT2D eigenvalue weighted by Crippen LogP contribution is -2.42. The Labute approximate surface area is 139 Å². The number of urea groups is 1. The molecule has 0 spiro atoms. The number of hydrogen-bond donors (Lipinski definition) is 3. The number of H-pyrrole nitrogens is 1. The van der Waals surface area contributed by atoms with Gasteiger partial charge in [-0.1, -0.05) is 0 Å². The maximum absolute atomic E-state index is 12.1. The van der Waals surface area contributed by atoms with Crippen molar-refractivity contribution in [2.24, 2.45) is 0 Å². The Balaban J connectivity index is 1.52. The van der Waals surface area contributed by atoms with Crippen molar-refractivity contribution in [1.29, 1.82) is 0 Å². The van der Waals surface area contributed by atoms with E-state index in [1.54, 1.807) is 12.0 Å². The topological polar surface area (TPSA) is 99.3 Å². The Hall–Kier alpha value is -2.77. The first-order valence-electron chi connectivity index (χ1n) is 7.98. The molecule has 0 unspecified atom stereocenters. The number of carbonyl (C=O) groups excluding carboxylic acids is 2. The molecule has 24 heavy (non-hydrogen) atoms. The highest BCUT2D eigenvalue weighted by Crippen LogP contribution is 2.18. The van der Waals surface area contributed by atoms with E-state index in [9.17, 15) is 9.59 Å². The number of carbonyl (C=O) groups is 2. The zero-order chi connectivity index (χ0) is 16.9. The summed E-state index contributed by atoms with van der Waals surface area (Å²) in [6, 6.07) is 5.51. The number of fused-ring (bicyclic) bond motifs is 1. The number of aromatic nitrogens is 2. The van der Waals surface area contributed by atoms with E-state index in [0.717, 1.165) is 22.6 Å². The molecule has 1 aliphatic heterocycles. The van der Waals surface area contributed by atoms with E-state index >= 15 is 0 Å². The molecule has 0 aliphatic carbocycles. The molecular formula is C16H21N5O3. The van der Waals surface area contributed by atoms with Gasteiger partial charge in [0.1, 0.15) is 11.6 Å². The van der Waals surface area contributed by atoms with Crippen molar-refractivity contribution in [3.05, 3.63) is 24.0 Å². The van der Waals surface area contributed by atoms with Crippen LogP contribution in [0.4, 0.5) is 4.79 Å². The van der Waals surface area contributed by atoms with Crippen LogP contribution in [-0.2, 0) is 11.2 Å². The highest BCUT2D eigenvalue weighted by Gasteiger charge is 2.17. The third-order valence-electron chi connectivity index (χ3n) is 3.98. The maximum atomic E-state index is 12.1. The Bertz CT molecular complexity index is 742. The van der Waals surface area contributed by atoms with E-state index in [1.165, 1.54) is 0 Å². The summed E-state index contributed by atoms with van der Waals surface area (Å²) < 4.78 is 5.19. The lowest BCUT2D eigenvalue weighted by atomic mass is 10.3. The zero-order valence-corrected chi connectivity index (χ0v) is 13.6. The highest BCUT2D eigenvalue weighted by atomic mass is 16.5. The molecule has 3 amide bonds. The standard InChI is InChI=1S/C16H21N5O3/c1-24-11-2-3-12-13(10-11)20-14(19-12)4-6-18-16(23)21-8-5-15(22)17-7-9-21/h2-3,10H,4-9H2,1H3,(H,17,22)(H,18,23)(H,19,20). The van der Waals surface area contributed by atoms with Gasteiger partial charge in [-0.25, -0.2) is 9.78 Å². The summed E-state index contributed by atoms with van der Waals surface area (Å²) in [5.41, 5.74) is 1.78. The number of amides is 3. The number of nitrogens with zero attached hydrogens (tertiary/aromatic N) is 2. The van der Waals surface area contributed by atoms with E-state index in [2.05, 4.69) is 20.6 Å². The predicted molar refractivity (Wildman–Crippen MR) is 88.9 cm³/mol. The second-order valence-corrected chi connectivity index (χ2v) is 5.64. The molecular weight excluding hydrogens is 310 g/mol. The number of imidazole rings is 1. The molecule has 1 aromatic heterocycles. The largest absolute Gasteiger partial charge is 0.497 e. The summed E-state index contributed by atoms with van der Waals surface area (Å²) in [6.07, 6.45) is 0.951. The Morgan fingerprint density at radius 2 is 2.29 bits per heavy atom. The predicted octanol–water partition coefficient (Wildman–Crippen LogP) is 0.646. The van der Waals surface area contributed by atoms with Gasteiger partial charge in [-0.15, -0.1) is 0 Å².